The molecule has 0 aliphatic rings. The normalized spacial score (nSPS) is 14.2. The summed E-state index contributed by atoms with van der Waals surface area (Å²) in [6.07, 6.45) is -4.66. The molecule has 0 aliphatic heterocycles. The Kier molecular flexibility index (Phi) is 5.77. The number of nitrogens with one attached hydrogen (secondary N) is 1. The van der Waals surface area contributed by atoms with Gasteiger partial charge in [0.2, 0.25) is 0 Å². The highest BCUT2D eigenvalue weighted by atomic mass is 32.2. The highest BCUT2D eigenvalue weighted by Gasteiger charge is 2.31. The van der Waals surface area contributed by atoms with E-state index in [0.717, 1.165) is 11.3 Å². The van der Waals surface area contributed by atoms with E-state index in [1.165, 1.54) is 12.1 Å². The Morgan fingerprint density at radius 3 is 2.40 bits per heavy atom. The van der Waals surface area contributed by atoms with Crippen molar-refractivity contribution in [3.8, 4) is 5.75 Å². The number of benzene rings is 1. The van der Waals surface area contributed by atoms with Crippen molar-refractivity contribution in [2.45, 2.75) is 37.9 Å². The van der Waals surface area contributed by atoms with Crippen LogP contribution in [-0.2, 0) is 0 Å². The van der Waals surface area contributed by atoms with Crippen LogP contribution in [0.2, 0.25) is 0 Å². The number of ether oxygens (including phenoxy) is 1. The molecule has 1 atom stereocenters. The molecule has 1 rings (SSSR count). The summed E-state index contributed by atoms with van der Waals surface area (Å²) < 4.78 is 40.7. The van der Waals surface area contributed by atoms with Crippen LogP contribution in [0.5, 0.6) is 5.75 Å². The second-order valence-corrected chi connectivity index (χ2v) is 7.23. The molecule has 0 fully saturated rings. The molecule has 0 aromatic heterocycles. The maximum atomic E-state index is 12.2. The van der Waals surface area contributed by atoms with Crippen LogP contribution in [0.4, 0.5) is 13.2 Å². The molecule has 0 amide bonds. The first-order valence-corrected chi connectivity index (χ1v) is 7.26. The third-order valence-corrected chi connectivity index (χ3v) is 3.89. The minimum absolute atomic E-state index is 0.0176. The van der Waals surface area contributed by atoms with Gasteiger partial charge in [0.25, 0.3) is 0 Å². The standard InChI is InChI=1S/C14H20F3NOS/c1-13(2,3)20-9-12(18-4)10-6-5-7-11(8-10)19-14(15,16)17/h5-8,12,18H,9H2,1-4H3. The Bertz CT molecular complexity index is 429. The van der Waals surface area contributed by atoms with E-state index in [-0.39, 0.29) is 16.5 Å². The molecule has 2 nitrogen and oxygen atoms in total. The largest absolute Gasteiger partial charge is 0.573 e. The topological polar surface area (TPSA) is 21.3 Å². The van der Waals surface area contributed by atoms with Crippen molar-refractivity contribution in [2.24, 2.45) is 0 Å². The van der Waals surface area contributed by atoms with E-state index in [4.69, 9.17) is 0 Å². The molecular formula is C14H20F3NOS. The summed E-state index contributed by atoms with van der Waals surface area (Å²) in [5, 5.41) is 3.12. The molecule has 0 bridgehead atoms. The molecule has 1 aromatic rings. The molecule has 1 unspecified atom stereocenters. The molecule has 0 saturated carbocycles. The third kappa shape index (κ3) is 6.52. The molecule has 20 heavy (non-hydrogen) atoms. The van der Waals surface area contributed by atoms with Crippen LogP contribution in [0.1, 0.15) is 32.4 Å². The van der Waals surface area contributed by atoms with Crippen LogP contribution in [0.25, 0.3) is 0 Å². The smallest absolute Gasteiger partial charge is 0.406 e. The number of rotatable bonds is 5. The average Bonchev–Trinajstić information content (AvgIpc) is 2.26. The molecule has 0 heterocycles. The Hall–Kier alpha value is -0.880. The van der Waals surface area contributed by atoms with Gasteiger partial charge in [-0.25, -0.2) is 0 Å². The molecule has 1 N–H and O–H groups in total. The molecular weight excluding hydrogens is 287 g/mol. The van der Waals surface area contributed by atoms with Gasteiger partial charge in [-0.05, 0) is 24.7 Å². The highest BCUT2D eigenvalue weighted by Crippen LogP contribution is 2.30. The summed E-state index contributed by atoms with van der Waals surface area (Å²) in [6, 6.07) is 6.09. The predicted molar refractivity (Wildman–Crippen MR) is 77.1 cm³/mol. The lowest BCUT2D eigenvalue weighted by molar-refractivity contribution is -0.274. The van der Waals surface area contributed by atoms with Gasteiger partial charge in [-0.2, -0.15) is 11.8 Å². The molecule has 0 radical (unpaired) electrons. The molecule has 114 valence electrons. The fraction of sp³-hybridized carbons (Fsp3) is 0.571. The van der Waals surface area contributed by atoms with Gasteiger partial charge in [0.15, 0.2) is 0 Å². The van der Waals surface area contributed by atoms with Crippen LogP contribution < -0.4 is 10.1 Å². The van der Waals surface area contributed by atoms with Crippen molar-refractivity contribution in [1.82, 2.24) is 5.32 Å². The van der Waals surface area contributed by atoms with E-state index >= 15 is 0 Å². The molecule has 0 aliphatic carbocycles. The van der Waals surface area contributed by atoms with Crippen LogP contribution in [0, 0.1) is 0 Å². The summed E-state index contributed by atoms with van der Waals surface area (Å²) in [7, 11) is 1.80. The zero-order chi connectivity index (χ0) is 15.4. The van der Waals surface area contributed by atoms with E-state index in [9.17, 15) is 13.2 Å². The molecule has 0 saturated heterocycles. The monoisotopic (exact) mass is 307 g/mol. The summed E-state index contributed by atoms with van der Waals surface area (Å²) in [4.78, 5) is 0. The predicted octanol–water partition coefficient (Wildman–Crippen LogP) is 4.38. The van der Waals surface area contributed by atoms with Crippen molar-refractivity contribution >= 4 is 11.8 Å². The number of hydrogen-bond donors (Lipinski definition) is 1. The fourth-order valence-corrected chi connectivity index (χ4v) is 2.63. The summed E-state index contributed by atoms with van der Waals surface area (Å²) in [6.45, 7) is 6.31. The Balaban J connectivity index is 2.80. The van der Waals surface area contributed by atoms with Crippen LogP contribution in [0.15, 0.2) is 24.3 Å². The lowest BCUT2D eigenvalue weighted by Gasteiger charge is -2.23. The molecule has 1 aromatic carbocycles. The van der Waals surface area contributed by atoms with Gasteiger partial charge in [0.1, 0.15) is 5.75 Å². The van der Waals surface area contributed by atoms with Crippen LogP contribution in [-0.4, -0.2) is 23.9 Å². The Labute approximate surface area is 122 Å². The molecule has 6 heteroatoms. The number of alkyl halides is 3. The Morgan fingerprint density at radius 1 is 1.25 bits per heavy atom. The van der Waals surface area contributed by atoms with Crippen LogP contribution >= 0.6 is 11.8 Å². The van der Waals surface area contributed by atoms with Crippen molar-refractivity contribution in [2.75, 3.05) is 12.8 Å². The average molecular weight is 307 g/mol. The number of hydrogen-bond acceptors (Lipinski definition) is 3. The van der Waals surface area contributed by atoms with Gasteiger partial charge >= 0.3 is 6.36 Å². The van der Waals surface area contributed by atoms with Gasteiger partial charge in [0.05, 0.1) is 0 Å². The minimum Gasteiger partial charge on any atom is -0.406 e. The second-order valence-electron chi connectivity index (χ2n) is 5.38. The quantitative estimate of drug-likeness (QED) is 0.872. The van der Waals surface area contributed by atoms with Gasteiger partial charge in [0, 0.05) is 16.5 Å². The van der Waals surface area contributed by atoms with E-state index < -0.39 is 6.36 Å². The lowest BCUT2D eigenvalue weighted by atomic mass is 10.1. The summed E-state index contributed by atoms with van der Waals surface area (Å²) in [5.41, 5.74) is 0.783. The lowest BCUT2D eigenvalue weighted by Crippen LogP contribution is -2.22. The third-order valence-electron chi connectivity index (χ3n) is 2.53. The highest BCUT2D eigenvalue weighted by molar-refractivity contribution is 8.00. The van der Waals surface area contributed by atoms with E-state index in [1.54, 1.807) is 30.9 Å². The zero-order valence-electron chi connectivity index (χ0n) is 12.0. The maximum absolute atomic E-state index is 12.2. The van der Waals surface area contributed by atoms with Gasteiger partial charge < -0.3 is 10.1 Å². The van der Waals surface area contributed by atoms with Gasteiger partial charge in [-0.3, -0.25) is 0 Å². The number of halogens is 3. The van der Waals surface area contributed by atoms with Crippen molar-refractivity contribution < 1.29 is 17.9 Å². The Morgan fingerprint density at radius 2 is 1.90 bits per heavy atom. The number of thioether (sulfide) groups is 1. The summed E-state index contributed by atoms with van der Waals surface area (Å²) in [5.74, 6) is 0.589. The first-order chi connectivity index (χ1) is 9.11. The second kappa shape index (κ2) is 6.72. The maximum Gasteiger partial charge on any atom is 0.573 e. The van der Waals surface area contributed by atoms with Crippen molar-refractivity contribution in [3.63, 3.8) is 0 Å². The zero-order valence-corrected chi connectivity index (χ0v) is 12.9. The first kappa shape index (κ1) is 17.2. The first-order valence-electron chi connectivity index (χ1n) is 6.27. The van der Waals surface area contributed by atoms with Gasteiger partial charge in [-0.1, -0.05) is 32.9 Å². The SMILES string of the molecule is CNC(CSC(C)(C)C)c1cccc(OC(F)(F)F)c1. The van der Waals surface area contributed by atoms with E-state index in [2.05, 4.69) is 30.8 Å². The van der Waals surface area contributed by atoms with Crippen molar-refractivity contribution in [1.29, 1.82) is 0 Å². The van der Waals surface area contributed by atoms with E-state index in [0.29, 0.717) is 0 Å². The minimum atomic E-state index is -4.66. The van der Waals surface area contributed by atoms with Crippen molar-refractivity contribution in [3.05, 3.63) is 29.8 Å². The molecule has 0 spiro atoms. The summed E-state index contributed by atoms with van der Waals surface area (Å²) >= 11 is 1.75. The fourth-order valence-electron chi connectivity index (χ4n) is 1.61. The van der Waals surface area contributed by atoms with Gasteiger partial charge in [-0.15, -0.1) is 13.2 Å². The van der Waals surface area contributed by atoms with Crippen LogP contribution in [0.3, 0.4) is 0 Å². The van der Waals surface area contributed by atoms with E-state index in [1.807, 2.05) is 0 Å².